The van der Waals surface area contributed by atoms with Gasteiger partial charge in [0.1, 0.15) is 6.61 Å². The van der Waals surface area contributed by atoms with Crippen molar-refractivity contribution in [3.05, 3.63) is 0 Å². The van der Waals surface area contributed by atoms with Gasteiger partial charge in [-0.3, -0.25) is 9.00 Å². The van der Waals surface area contributed by atoms with E-state index < -0.39 is 10.8 Å². The highest BCUT2D eigenvalue weighted by molar-refractivity contribution is 7.84. The lowest BCUT2D eigenvalue weighted by Crippen LogP contribution is -2.33. The molecule has 0 radical (unpaired) electrons. The second kappa shape index (κ2) is 7.01. The van der Waals surface area contributed by atoms with E-state index in [2.05, 4.69) is 5.32 Å². The third-order valence-electron chi connectivity index (χ3n) is 2.08. The Balaban J connectivity index is 3.63. The first-order valence-corrected chi connectivity index (χ1v) is 7.07. The molecule has 0 heterocycles. The standard InChI is InChI=1S/C11H23NO3S/c1-9(16(5)14)6-7-12-10(13)8-15-11(2,3)4/h9H,6-8H2,1-5H3,(H,12,13). The molecule has 2 atom stereocenters. The van der Waals surface area contributed by atoms with Crippen molar-refractivity contribution in [3.63, 3.8) is 0 Å². The van der Waals surface area contributed by atoms with Crippen molar-refractivity contribution in [1.82, 2.24) is 5.32 Å². The molecule has 96 valence electrons. The summed E-state index contributed by atoms with van der Waals surface area (Å²) in [5.74, 6) is -0.121. The van der Waals surface area contributed by atoms with Crippen LogP contribution < -0.4 is 5.32 Å². The van der Waals surface area contributed by atoms with Gasteiger partial charge in [0.2, 0.25) is 5.91 Å². The largest absolute Gasteiger partial charge is 0.366 e. The summed E-state index contributed by atoms with van der Waals surface area (Å²) in [5.41, 5.74) is -0.296. The van der Waals surface area contributed by atoms with E-state index in [1.165, 1.54) is 0 Å². The molecule has 5 heteroatoms. The minimum atomic E-state index is -0.825. The van der Waals surface area contributed by atoms with E-state index >= 15 is 0 Å². The normalized spacial score (nSPS) is 15.6. The molecule has 0 aromatic carbocycles. The van der Waals surface area contributed by atoms with Crippen LogP contribution in [0.5, 0.6) is 0 Å². The summed E-state index contributed by atoms with van der Waals surface area (Å²) in [5, 5.41) is 2.86. The van der Waals surface area contributed by atoms with E-state index in [1.54, 1.807) is 6.26 Å². The highest BCUT2D eigenvalue weighted by Crippen LogP contribution is 2.05. The molecule has 0 aliphatic carbocycles. The number of nitrogens with one attached hydrogen (secondary N) is 1. The summed E-state index contributed by atoms with van der Waals surface area (Å²) >= 11 is 0. The van der Waals surface area contributed by atoms with E-state index in [0.717, 1.165) is 6.42 Å². The zero-order valence-electron chi connectivity index (χ0n) is 10.8. The van der Waals surface area contributed by atoms with Crippen LogP contribution in [0.2, 0.25) is 0 Å². The second-order valence-electron chi connectivity index (χ2n) is 4.85. The Bertz CT molecular complexity index is 248. The van der Waals surface area contributed by atoms with Crippen LogP contribution in [-0.4, -0.2) is 40.4 Å². The Morgan fingerprint density at radius 3 is 2.44 bits per heavy atom. The van der Waals surface area contributed by atoms with Crippen molar-refractivity contribution >= 4 is 16.7 Å². The van der Waals surface area contributed by atoms with Gasteiger partial charge in [-0.25, -0.2) is 0 Å². The molecule has 0 bridgehead atoms. The van der Waals surface area contributed by atoms with Crippen LogP contribution in [-0.2, 0) is 20.3 Å². The summed E-state index contributed by atoms with van der Waals surface area (Å²) in [7, 11) is -0.825. The number of rotatable bonds is 6. The van der Waals surface area contributed by atoms with Gasteiger partial charge in [0.25, 0.3) is 0 Å². The van der Waals surface area contributed by atoms with Crippen LogP contribution in [0.3, 0.4) is 0 Å². The van der Waals surface area contributed by atoms with Crippen molar-refractivity contribution in [2.75, 3.05) is 19.4 Å². The number of amides is 1. The zero-order chi connectivity index (χ0) is 12.8. The van der Waals surface area contributed by atoms with Crippen LogP contribution in [0.15, 0.2) is 0 Å². The molecular weight excluding hydrogens is 226 g/mol. The fourth-order valence-corrected chi connectivity index (χ4v) is 1.36. The fraction of sp³-hybridized carbons (Fsp3) is 0.909. The molecule has 0 spiro atoms. The van der Waals surface area contributed by atoms with Gasteiger partial charge in [0.15, 0.2) is 0 Å². The molecule has 0 rings (SSSR count). The average Bonchev–Trinajstić information content (AvgIpc) is 2.13. The molecule has 2 unspecified atom stereocenters. The number of carbonyl (C=O) groups excluding carboxylic acids is 1. The minimum Gasteiger partial charge on any atom is -0.366 e. The van der Waals surface area contributed by atoms with Gasteiger partial charge in [-0.15, -0.1) is 0 Å². The van der Waals surface area contributed by atoms with Gasteiger partial charge in [-0.05, 0) is 27.2 Å². The summed E-state index contributed by atoms with van der Waals surface area (Å²) in [6.07, 6.45) is 2.40. The lowest BCUT2D eigenvalue weighted by Gasteiger charge is -2.19. The van der Waals surface area contributed by atoms with Crippen LogP contribution in [0.1, 0.15) is 34.1 Å². The van der Waals surface area contributed by atoms with Crippen molar-refractivity contribution in [2.45, 2.75) is 45.0 Å². The van der Waals surface area contributed by atoms with Gasteiger partial charge < -0.3 is 10.1 Å². The molecule has 0 aromatic heterocycles. The Morgan fingerprint density at radius 2 is 2.00 bits per heavy atom. The summed E-state index contributed by atoms with van der Waals surface area (Å²) in [4.78, 5) is 11.3. The molecule has 0 aromatic rings. The molecule has 16 heavy (non-hydrogen) atoms. The van der Waals surface area contributed by atoms with Gasteiger partial charge in [-0.2, -0.15) is 0 Å². The van der Waals surface area contributed by atoms with Crippen molar-refractivity contribution < 1.29 is 13.7 Å². The van der Waals surface area contributed by atoms with Gasteiger partial charge >= 0.3 is 0 Å². The van der Waals surface area contributed by atoms with Crippen LogP contribution >= 0.6 is 0 Å². The first-order valence-electron chi connectivity index (χ1n) is 5.45. The summed E-state index contributed by atoms with van der Waals surface area (Å²) in [6, 6.07) is 0. The molecule has 0 saturated heterocycles. The predicted octanol–water partition coefficient (Wildman–Crippen LogP) is 1.07. The van der Waals surface area contributed by atoms with E-state index in [4.69, 9.17) is 4.74 Å². The van der Waals surface area contributed by atoms with Crippen molar-refractivity contribution in [3.8, 4) is 0 Å². The molecule has 0 aliphatic rings. The Hall–Kier alpha value is -0.420. The lowest BCUT2D eigenvalue weighted by atomic mass is 10.2. The third-order valence-corrected chi connectivity index (χ3v) is 3.44. The SMILES string of the molecule is CC(CCNC(=O)COC(C)(C)C)S(C)=O. The van der Waals surface area contributed by atoms with Crippen LogP contribution in [0.4, 0.5) is 0 Å². The topological polar surface area (TPSA) is 55.4 Å². The Labute approximate surface area is 101 Å². The maximum atomic E-state index is 11.3. The fourth-order valence-electron chi connectivity index (χ4n) is 0.914. The van der Waals surface area contributed by atoms with Crippen molar-refractivity contribution in [1.29, 1.82) is 0 Å². The molecule has 1 amide bonds. The smallest absolute Gasteiger partial charge is 0.246 e. The highest BCUT2D eigenvalue weighted by atomic mass is 32.2. The Morgan fingerprint density at radius 1 is 1.44 bits per heavy atom. The molecule has 4 nitrogen and oxygen atoms in total. The predicted molar refractivity (Wildman–Crippen MR) is 66.9 cm³/mol. The molecule has 0 saturated carbocycles. The molecule has 0 aliphatic heterocycles. The zero-order valence-corrected chi connectivity index (χ0v) is 11.6. The van der Waals surface area contributed by atoms with Gasteiger partial charge in [-0.1, -0.05) is 6.92 Å². The monoisotopic (exact) mass is 249 g/mol. The lowest BCUT2D eigenvalue weighted by molar-refractivity contribution is -0.130. The molecular formula is C11H23NO3S. The first kappa shape index (κ1) is 15.6. The second-order valence-corrected chi connectivity index (χ2v) is 6.65. The maximum Gasteiger partial charge on any atom is 0.246 e. The average molecular weight is 249 g/mol. The highest BCUT2D eigenvalue weighted by Gasteiger charge is 2.13. The van der Waals surface area contributed by atoms with E-state index in [9.17, 15) is 9.00 Å². The first-order chi connectivity index (χ1) is 7.22. The Kier molecular flexibility index (Phi) is 6.83. The number of carbonyl (C=O) groups is 1. The van der Waals surface area contributed by atoms with E-state index in [0.29, 0.717) is 6.54 Å². The van der Waals surface area contributed by atoms with E-state index in [-0.39, 0.29) is 23.4 Å². The molecule has 1 N–H and O–H groups in total. The van der Waals surface area contributed by atoms with Gasteiger partial charge in [0, 0.05) is 28.9 Å². The van der Waals surface area contributed by atoms with Crippen molar-refractivity contribution in [2.24, 2.45) is 0 Å². The quantitative estimate of drug-likeness (QED) is 0.766. The number of hydrogen-bond acceptors (Lipinski definition) is 3. The molecule has 0 fully saturated rings. The summed E-state index contributed by atoms with van der Waals surface area (Å²) < 4.78 is 16.4. The van der Waals surface area contributed by atoms with Gasteiger partial charge in [0.05, 0.1) is 5.60 Å². The number of ether oxygens (including phenoxy) is 1. The van der Waals surface area contributed by atoms with E-state index in [1.807, 2.05) is 27.7 Å². The maximum absolute atomic E-state index is 11.3. The third kappa shape index (κ3) is 8.85. The van der Waals surface area contributed by atoms with Crippen LogP contribution in [0, 0.1) is 0 Å². The van der Waals surface area contributed by atoms with Crippen LogP contribution in [0.25, 0.3) is 0 Å². The minimum absolute atomic E-state index is 0.0765. The summed E-state index contributed by atoms with van der Waals surface area (Å²) in [6.45, 7) is 8.25. The number of hydrogen-bond donors (Lipinski definition) is 1.